The summed E-state index contributed by atoms with van der Waals surface area (Å²) in [6.45, 7) is 1.87. The van der Waals surface area contributed by atoms with E-state index >= 15 is 0 Å². The highest BCUT2D eigenvalue weighted by Crippen LogP contribution is 2.37. The molecule has 0 saturated heterocycles. The van der Waals surface area contributed by atoms with Crippen LogP contribution in [-0.4, -0.2) is 34.2 Å². The largest absolute Gasteiger partial charge is 0.496 e. The minimum atomic E-state index is -0.335. The van der Waals surface area contributed by atoms with E-state index in [9.17, 15) is 4.79 Å². The number of rotatable bonds is 6. The van der Waals surface area contributed by atoms with Gasteiger partial charge in [-0.25, -0.2) is 0 Å². The summed E-state index contributed by atoms with van der Waals surface area (Å²) in [4.78, 5) is 13.1. The molecule has 0 spiro atoms. The molecule has 0 unspecified atom stereocenters. The molecule has 0 aliphatic heterocycles. The maximum atomic E-state index is 13.1. The van der Waals surface area contributed by atoms with E-state index in [4.69, 9.17) is 24.7 Å². The Labute approximate surface area is 141 Å². The molecule has 2 rings (SSSR count). The molecular weight excluding hydrogens is 310 g/mol. The van der Waals surface area contributed by atoms with Crippen molar-refractivity contribution in [2.45, 2.75) is 6.92 Å². The fourth-order valence-electron chi connectivity index (χ4n) is 2.53. The van der Waals surface area contributed by atoms with Crippen molar-refractivity contribution < 1.29 is 23.7 Å². The van der Waals surface area contributed by atoms with Crippen molar-refractivity contribution in [1.82, 2.24) is 0 Å². The van der Waals surface area contributed by atoms with Gasteiger partial charge in [0, 0.05) is 0 Å². The third-order valence-corrected chi connectivity index (χ3v) is 3.80. The van der Waals surface area contributed by atoms with Crippen LogP contribution in [0, 0.1) is 6.92 Å². The summed E-state index contributed by atoms with van der Waals surface area (Å²) in [5.74, 6) is 1.44. The third-order valence-electron chi connectivity index (χ3n) is 3.80. The smallest absolute Gasteiger partial charge is 0.202 e. The summed E-state index contributed by atoms with van der Waals surface area (Å²) in [5, 5.41) is 0. The van der Waals surface area contributed by atoms with Crippen molar-refractivity contribution in [3.8, 4) is 23.0 Å². The number of anilines is 1. The third kappa shape index (κ3) is 2.95. The molecule has 0 aromatic heterocycles. The van der Waals surface area contributed by atoms with E-state index < -0.39 is 0 Å². The van der Waals surface area contributed by atoms with Crippen LogP contribution >= 0.6 is 0 Å². The molecule has 24 heavy (non-hydrogen) atoms. The lowest BCUT2D eigenvalue weighted by atomic mass is 9.98. The molecular formula is C18H21NO5. The highest BCUT2D eigenvalue weighted by Gasteiger charge is 2.24. The highest BCUT2D eigenvalue weighted by molar-refractivity contribution is 6.16. The van der Waals surface area contributed by atoms with Gasteiger partial charge in [-0.05, 0) is 36.8 Å². The Morgan fingerprint density at radius 1 is 0.833 bits per heavy atom. The quantitative estimate of drug-likeness (QED) is 0.647. The average molecular weight is 331 g/mol. The second kappa shape index (κ2) is 7.12. The van der Waals surface area contributed by atoms with E-state index in [0.29, 0.717) is 28.6 Å². The van der Waals surface area contributed by atoms with Crippen LogP contribution in [-0.2, 0) is 0 Å². The summed E-state index contributed by atoms with van der Waals surface area (Å²) in [6, 6.07) is 6.67. The lowest BCUT2D eigenvalue weighted by molar-refractivity contribution is 0.103. The molecule has 0 radical (unpaired) electrons. The highest BCUT2D eigenvalue weighted by atomic mass is 16.5. The number of benzene rings is 2. The van der Waals surface area contributed by atoms with Crippen molar-refractivity contribution in [3.63, 3.8) is 0 Å². The molecule has 2 aromatic carbocycles. The van der Waals surface area contributed by atoms with Crippen LogP contribution in [0.4, 0.5) is 5.69 Å². The number of ketones is 1. The van der Waals surface area contributed by atoms with Gasteiger partial charge < -0.3 is 24.7 Å². The van der Waals surface area contributed by atoms with Crippen molar-refractivity contribution in [1.29, 1.82) is 0 Å². The number of hydrogen-bond acceptors (Lipinski definition) is 6. The van der Waals surface area contributed by atoms with E-state index in [1.165, 1.54) is 21.3 Å². The molecule has 6 heteroatoms. The molecule has 0 fully saturated rings. The second-order valence-electron chi connectivity index (χ2n) is 5.11. The lowest BCUT2D eigenvalue weighted by Crippen LogP contribution is -2.11. The molecule has 0 aliphatic rings. The number of nitrogens with two attached hydrogens (primary N) is 1. The zero-order valence-electron chi connectivity index (χ0n) is 14.4. The summed E-state index contributed by atoms with van der Waals surface area (Å²) in [7, 11) is 6.01. The van der Waals surface area contributed by atoms with Gasteiger partial charge in [0.2, 0.25) is 5.78 Å². The maximum absolute atomic E-state index is 13.1. The normalized spacial score (nSPS) is 10.2. The van der Waals surface area contributed by atoms with E-state index in [1.807, 2.05) is 6.92 Å². The van der Waals surface area contributed by atoms with Gasteiger partial charge in [0.05, 0.1) is 45.3 Å². The van der Waals surface area contributed by atoms with Gasteiger partial charge in [0.1, 0.15) is 23.0 Å². The monoisotopic (exact) mass is 331 g/mol. The summed E-state index contributed by atoms with van der Waals surface area (Å²) in [6.07, 6.45) is 0. The Morgan fingerprint density at radius 2 is 1.38 bits per heavy atom. The number of nitrogen functional groups attached to an aromatic ring is 1. The van der Waals surface area contributed by atoms with Gasteiger partial charge in [-0.2, -0.15) is 0 Å². The number of aryl methyl sites for hydroxylation is 1. The molecule has 2 N–H and O–H groups in total. The number of carbonyl (C=O) groups is 1. The van der Waals surface area contributed by atoms with E-state index in [0.717, 1.165) is 5.56 Å². The molecule has 0 heterocycles. The molecule has 6 nitrogen and oxygen atoms in total. The molecule has 0 bridgehead atoms. The fraction of sp³-hybridized carbons (Fsp3) is 0.278. The van der Waals surface area contributed by atoms with Crippen LogP contribution in [0.25, 0.3) is 0 Å². The van der Waals surface area contributed by atoms with Crippen LogP contribution in [0.5, 0.6) is 23.0 Å². The van der Waals surface area contributed by atoms with Crippen molar-refractivity contribution >= 4 is 11.5 Å². The lowest BCUT2D eigenvalue weighted by Gasteiger charge is -2.16. The van der Waals surface area contributed by atoms with E-state index in [1.54, 1.807) is 31.4 Å². The maximum Gasteiger partial charge on any atom is 0.202 e. The summed E-state index contributed by atoms with van der Waals surface area (Å²) in [5.41, 5.74) is 7.73. The Morgan fingerprint density at radius 3 is 1.92 bits per heavy atom. The van der Waals surface area contributed by atoms with Gasteiger partial charge in [-0.15, -0.1) is 0 Å². The molecule has 0 saturated carbocycles. The van der Waals surface area contributed by atoms with Crippen LogP contribution < -0.4 is 24.7 Å². The summed E-state index contributed by atoms with van der Waals surface area (Å²) < 4.78 is 21.2. The van der Waals surface area contributed by atoms with Crippen LogP contribution in [0.3, 0.4) is 0 Å². The standard InChI is InChI=1S/C18H21NO5/c1-10-8-15(24-5)11(9-14(10)23-4)18(20)16-12(21-2)6-7-13(22-3)17(16)19/h6-9H,19H2,1-5H3. The van der Waals surface area contributed by atoms with E-state index in [-0.39, 0.29) is 17.0 Å². The van der Waals surface area contributed by atoms with Gasteiger partial charge in [-0.1, -0.05) is 0 Å². The predicted molar refractivity (Wildman–Crippen MR) is 91.7 cm³/mol. The Kier molecular flexibility index (Phi) is 5.18. The number of carbonyl (C=O) groups excluding carboxylic acids is 1. The molecule has 0 amide bonds. The first kappa shape index (κ1) is 17.5. The van der Waals surface area contributed by atoms with Crippen LogP contribution in [0.1, 0.15) is 21.5 Å². The van der Waals surface area contributed by atoms with Gasteiger partial charge >= 0.3 is 0 Å². The first-order chi connectivity index (χ1) is 11.5. The molecule has 128 valence electrons. The summed E-state index contributed by atoms with van der Waals surface area (Å²) >= 11 is 0. The predicted octanol–water partition coefficient (Wildman–Crippen LogP) is 2.84. The van der Waals surface area contributed by atoms with Crippen LogP contribution in [0.15, 0.2) is 24.3 Å². The van der Waals surface area contributed by atoms with E-state index in [2.05, 4.69) is 0 Å². The van der Waals surface area contributed by atoms with Gasteiger partial charge in [0.15, 0.2) is 0 Å². The average Bonchev–Trinajstić information content (AvgIpc) is 2.60. The number of ether oxygens (including phenoxy) is 4. The minimum Gasteiger partial charge on any atom is -0.496 e. The zero-order chi connectivity index (χ0) is 17.9. The first-order valence-corrected chi connectivity index (χ1v) is 7.26. The minimum absolute atomic E-state index is 0.212. The first-order valence-electron chi connectivity index (χ1n) is 7.26. The fourth-order valence-corrected chi connectivity index (χ4v) is 2.53. The van der Waals surface area contributed by atoms with Crippen molar-refractivity contribution in [2.24, 2.45) is 0 Å². The number of hydrogen-bond donors (Lipinski definition) is 1. The molecule has 2 aromatic rings. The Bertz CT molecular complexity index is 770. The van der Waals surface area contributed by atoms with Gasteiger partial charge in [-0.3, -0.25) is 4.79 Å². The molecule has 0 atom stereocenters. The van der Waals surface area contributed by atoms with Gasteiger partial charge in [0.25, 0.3) is 0 Å². The Hall–Kier alpha value is -2.89. The zero-order valence-corrected chi connectivity index (χ0v) is 14.4. The Balaban J connectivity index is 2.69. The van der Waals surface area contributed by atoms with Crippen LogP contribution in [0.2, 0.25) is 0 Å². The van der Waals surface area contributed by atoms with Crippen molar-refractivity contribution in [2.75, 3.05) is 34.2 Å². The number of methoxy groups -OCH3 is 4. The van der Waals surface area contributed by atoms with Crippen molar-refractivity contribution in [3.05, 3.63) is 41.0 Å². The molecule has 0 aliphatic carbocycles. The SMILES string of the molecule is COc1cc(C(=O)c2c(OC)ccc(OC)c2N)c(OC)cc1C. The topological polar surface area (TPSA) is 80.0 Å². The second-order valence-corrected chi connectivity index (χ2v) is 5.11.